The molecule has 0 saturated carbocycles. The van der Waals surface area contributed by atoms with Crippen molar-refractivity contribution in [2.45, 2.75) is 6.92 Å². The molecule has 0 unspecified atom stereocenters. The molecule has 0 aliphatic rings. The minimum Gasteiger partial charge on any atom is -0.364 e. The summed E-state index contributed by atoms with van der Waals surface area (Å²) in [7, 11) is 1.96. The minimum absolute atomic E-state index is 0.810. The molecule has 1 N–H and O–H groups in total. The van der Waals surface area contributed by atoms with Crippen molar-refractivity contribution in [1.29, 1.82) is 0 Å². The van der Waals surface area contributed by atoms with Crippen LogP contribution in [0.25, 0.3) is 0 Å². The summed E-state index contributed by atoms with van der Waals surface area (Å²) < 4.78 is 0. The zero-order chi connectivity index (χ0) is 8.27. The molecule has 0 aromatic carbocycles. The van der Waals surface area contributed by atoms with E-state index < -0.39 is 0 Å². The van der Waals surface area contributed by atoms with Crippen molar-refractivity contribution >= 4 is 17.2 Å². The third-order valence-electron chi connectivity index (χ3n) is 1.55. The highest BCUT2D eigenvalue weighted by Crippen LogP contribution is 1.98. The van der Waals surface area contributed by atoms with Gasteiger partial charge in [-0.05, 0) is 13.0 Å². The van der Waals surface area contributed by atoms with Crippen LogP contribution in [-0.2, 0) is 0 Å². The van der Waals surface area contributed by atoms with Crippen LogP contribution >= 0.6 is 12.2 Å². The lowest BCUT2D eigenvalue weighted by atomic mass is 10.4. The molecule has 1 heterocycles. The monoisotopic (exact) mass is 169 g/mol. The first kappa shape index (κ1) is 8.20. The number of aromatic amines is 1. The fraction of sp³-hybridized carbons (Fsp3) is 0.429. The van der Waals surface area contributed by atoms with E-state index in [2.05, 4.69) is 17.1 Å². The molecule has 0 atom stereocenters. The predicted octanol–water partition coefficient (Wildman–Crippen LogP) is 1.04. The van der Waals surface area contributed by atoms with Crippen LogP contribution < -0.4 is 0 Å². The fourth-order valence-corrected chi connectivity index (χ4v) is 0.967. The van der Waals surface area contributed by atoms with Crippen molar-refractivity contribution in [3.05, 3.63) is 18.0 Å². The molecule has 1 aromatic heterocycles. The SMILES string of the molecule is CCN(C)C(=S)c1ccn[nH]1. The Balaban J connectivity index is 2.70. The average molecular weight is 169 g/mol. The molecule has 0 bridgehead atoms. The Morgan fingerprint density at radius 2 is 2.55 bits per heavy atom. The topological polar surface area (TPSA) is 31.9 Å². The van der Waals surface area contributed by atoms with Crippen molar-refractivity contribution in [3.8, 4) is 0 Å². The van der Waals surface area contributed by atoms with Crippen molar-refractivity contribution in [2.75, 3.05) is 13.6 Å². The summed E-state index contributed by atoms with van der Waals surface area (Å²) in [6.45, 7) is 2.97. The van der Waals surface area contributed by atoms with E-state index in [1.165, 1.54) is 0 Å². The molecule has 0 aliphatic heterocycles. The third kappa shape index (κ3) is 1.77. The van der Waals surface area contributed by atoms with Gasteiger partial charge >= 0.3 is 0 Å². The summed E-state index contributed by atoms with van der Waals surface area (Å²) in [5.41, 5.74) is 0.907. The first-order valence-corrected chi connectivity index (χ1v) is 3.91. The molecule has 1 rings (SSSR count). The van der Waals surface area contributed by atoms with Crippen LogP contribution in [0.15, 0.2) is 12.3 Å². The molecule has 0 aliphatic carbocycles. The van der Waals surface area contributed by atoms with E-state index in [0.717, 1.165) is 17.2 Å². The van der Waals surface area contributed by atoms with Crippen LogP contribution in [0.5, 0.6) is 0 Å². The molecule has 60 valence electrons. The van der Waals surface area contributed by atoms with Gasteiger partial charge in [-0.3, -0.25) is 5.10 Å². The smallest absolute Gasteiger partial charge is 0.127 e. The van der Waals surface area contributed by atoms with E-state index in [1.54, 1.807) is 6.20 Å². The molecule has 0 fully saturated rings. The Bertz CT molecular complexity index is 230. The Labute approximate surface area is 71.4 Å². The summed E-state index contributed by atoms with van der Waals surface area (Å²) in [5, 5.41) is 6.64. The number of nitrogens with one attached hydrogen (secondary N) is 1. The largest absolute Gasteiger partial charge is 0.364 e. The van der Waals surface area contributed by atoms with Gasteiger partial charge in [0.2, 0.25) is 0 Å². The van der Waals surface area contributed by atoms with E-state index in [4.69, 9.17) is 12.2 Å². The second-order valence-electron chi connectivity index (χ2n) is 2.29. The van der Waals surface area contributed by atoms with Crippen LogP contribution in [0.4, 0.5) is 0 Å². The molecule has 0 spiro atoms. The lowest BCUT2D eigenvalue weighted by Crippen LogP contribution is -2.25. The number of rotatable bonds is 2. The summed E-state index contributed by atoms with van der Waals surface area (Å²) >= 11 is 5.15. The Kier molecular flexibility index (Phi) is 2.59. The number of hydrogen-bond acceptors (Lipinski definition) is 2. The van der Waals surface area contributed by atoms with E-state index in [9.17, 15) is 0 Å². The van der Waals surface area contributed by atoms with Gasteiger partial charge in [-0.25, -0.2) is 0 Å². The fourth-order valence-electron chi connectivity index (χ4n) is 0.724. The zero-order valence-corrected chi connectivity index (χ0v) is 7.48. The Morgan fingerprint density at radius 1 is 1.82 bits per heavy atom. The van der Waals surface area contributed by atoms with Crippen LogP contribution in [0.1, 0.15) is 12.6 Å². The molecular weight excluding hydrogens is 158 g/mol. The first-order chi connectivity index (χ1) is 5.25. The summed E-state index contributed by atoms with van der Waals surface area (Å²) in [6, 6.07) is 1.87. The quantitative estimate of drug-likeness (QED) is 0.671. The Hall–Kier alpha value is -0.900. The van der Waals surface area contributed by atoms with Crippen molar-refractivity contribution in [1.82, 2.24) is 15.1 Å². The number of thiocarbonyl (C=S) groups is 1. The number of hydrogen-bond donors (Lipinski definition) is 1. The summed E-state index contributed by atoms with van der Waals surface area (Å²) in [5.74, 6) is 0. The van der Waals surface area contributed by atoms with Gasteiger partial charge in [-0.2, -0.15) is 5.10 Å². The maximum atomic E-state index is 5.15. The number of nitrogens with zero attached hydrogens (tertiary/aromatic N) is 2. The average Bonchev–Trinajstić information content (AvgIpc) is 2.53. The lowest BCUT2D eigenvalue weighted by Gasteiger charge is -2.15. The Morgan fingerprint density at radius 3 is 3.00 bits per heavy atom. The van der Waals surface area contributed by atoms with Gasteiger partial charge in [0.05, 0.1) is 5.69 Å². The van der Waals surface area contributed by atoms with Gasteiger partial charge in [-0.1, -0.05) is 12.2 Å². The van der Waals surface area contributed by atoms with Gasteiger partial charge in [0.25, 0.3) is 0 Å². The summed E-state index contributed by atoms with van der Waals surface area (Å²) in [4.78, 5) is 2.80. The molecule has 11 heavy (non-hydrogen) atoms. The maximum Gasteiger partial charge on any atom is 0.127 e. The summed E-state index contributed by atoms with van der Waals surface area (Å²) in [6.07, 6.45) is 1.70. The van der Waals surface area contributed by atoms with E-state index >= 15 is 0 Å². The van der Waals surface area contributed by atoms with E-state index in [1.807, 2.05) is 18.0 Å². The van der Waals surface area contributed by atoms with Gasteiger partial charge < -0.3 is 4.90 Å². The standard InChI is InChI=1S/C7H11N3S/c1-3-10(2)7(11)6-4-5-8-9-6/h4-5H,3H2,1-2H3,(H,8,9). The molecule has 3 nitrogen and oxygen atoms in total. The molecule has 4 heteroatoms. The van der Waals surface area contributed by atoms with Gasteiger partial charge in [0.1, 0.15) is 4.99 Å². The molecule has 0 saturated heterocycles. The highest BCUT2D eigenvalue weighted by Gasteiger charge is 2.04. The second kappa shape index (κ2) is 3.48. The molecule has 0 radical (unpaired) electrons. The van der Waals surface area contributed by atoms with Crippen molar-refractivity contribution < 1.29 is 0 Å². The van der Waals surface area contributed by atoms with Crippen LogP contribution in [-0.4, -0.2) is 33.7 Å². The van der Waals surface area contributed by atoms with Gasteiger partial charge in [0, 0.05) is 19.8 Å². The van der Waals surface area contributed by atoms with E-state index in [0.29, 0.717) is 0 Å². The van der Waals surface area contributed by atoms with Gasteiger partial charge in [0.15, 0.2) is 0 Å². The van der Waals surface area contributed by atoms with Crippen molar-refractivity contribution in [3.63, 3.8) is 0 Å². The van der Waals surface area contributed by atoms with Crippen LogP contribution in [0, 0.1) is 0 Å². The van der Waals surface area contributed by atoms with Crippen molar-refractivity contribution in [2.24, 2.45) is 0 Å². The lowest BCUT2D eigenvalue weighted by molar-refractivity contribution is 0.545. The number of H-pyrrole nitrogens is 1. The molecule has 1 aromatic rings. The maximum absolute atomic E-state index is 5.15. The van der Waals surface area contributed by atoms with Gasteiger partial charge in [-0.15, -0.1) is 0 Å². The third-order valence-corrected chi connectivity index (χ3v) is 2.08. The zero-order valence-electron chi connectivity index (χ0n) is 6.66. The number of aromatic nitrogens is 2. The predicted molar refractivity (Wildman–Crippen MR) is 48.6 cm³/mol. The van der Waals surface area contributed by atoms with Crippen LogP contribution in [0.3, 0.4) is 0 Å². The van der Waals surface area contributed by atoms with E-state index in [-0.39, 0.29) is 0 Å². The normalized spacial score (nSPS) is 9.64. The highest BCUT2D eigenvalue weighted by molar-refractivity contribution is 7.80. The molecule has 0 amide bonds. The highest BCUT2D eigenvalue weighted by atomic mass is 32.1. The first-order valence-electron chi connectivity index (χ1n) is 3.50. The second-order valence-corrected chi connectivity index (χ2v) is 2.68. The van der Waals surface area contributed by atoms with Crippen LogP contribution in [0.2, 0.25) is 0 Å². The minimum atomic E-state index is 0.810. The molecular formula is C7H11N3S.